The maximum Gasteiger partial charge on any atom is 0.314 e. The van der Waals surface area contributed by atoms with Crippen LogP contribution in [0.1, 0.15) is 32.6 Å². The molecule has 1 aliphatic carbocycles. The van der Waals surface area contributed by atoms with Crippen LogP contribution in [0.25, 0.3) is 0 Å². The van der Waals surface area contributed by atoms with Crippen LogP contribution in [0, 0.1) is 17.8 Å². The van der Waals surface area contributed by atoms with E-state index in [1.54, 1.807) is 11.8 Å². The molecular weight excluding hydrogens is 276 g/mol. The molecule has 116 valence electrons. The summed E-state index contributed by atoms with van der Waals surface area (Å²) in [6.07, 6.45) is 5.70. The van der Waals surface area contributed by atoms with E-state index >= 15 is 0 Å². The molecule has 1 aliphatic rings. The average Bonchev–Trinajstić information content (AvgIpc) is 2.43. The molecule has 5 nitrogen and oxygen atoms in total. The first-order valence-corrected chi connectivity index (χ1v) is 8.67. The molecule has 0 heterocycles. The highest BCUT2D eigenvalue weighted by Crippen LogP contribution is 2.29. The summed E-state index contributed by atoms with van der Waals surface area (Å²) in [6, 6.07) is -0.187. The molecule has 0 aromatic rings. The molecule has 0 aliphatic heterocycles. The maximum atomic E-state index is 11.7. The molecule has 0 aromatic carbocycles. The molecule has 20 heavy (non-hydrogen) atoms. The predicted molar refractivity (Wildman–Crippen MR) is 82.0 cm³/mol. The molecule has 0 radical (unpaired) electrons. The molecule has 0 bridgehead atoms. The maximum absolute atomic E-state index is 11.7. The third-order valence-corrected chi connectivity index (χ3v) is 4.72. The first kappa shape index (κ1) is 17.1. The van der Waals surface area contributed by atoms with Gasteiger partial charge in [0.05, 0.1) is 5.92 Å². The predicted octanol–water partition coefficient (Wildman–Crippen LogP) is 2.18. The van der Waals surface area contributed by atoms with E-state index < -0.39 is 5.97 Å². The minimum atomic E-state index is -0.731. The van der Waals surface area contributed by atoms with Crippen LogP contribution in [0.2, 0.25) is 0 Å². The second-order valence-corrected chi connectivity index (χ2v) is 6.55. The van der Waals surface area contributed by atoms with E-state index in [0.29, 0.717) is 19.0 Å². The first-order valence-electron chi connectivity index (χ1n) is 7.28. The van der Waals surface area contributed by atoms with Gasteiger partial charge in [0, 0.05) is 13.1 Å². The summed E-state index contributed by atoms with van der Waals surface area (Å²) in [6.45, 7) is 3.21. The number of carboxylic acids is 1. The van der Waals surface area contributed by atoms with Crippen LogP contribution >= 0.6 is 11.8 Å². The fraction of sp³-hybridized carbons (Fsp3) is 0.857. The van der Waals surface area contributed by atoms with Crippen molar-refractivity contribution >= 4 is 23.8 Å². The zero-order chi connectivity index (χ0) is 15.0. The number of carbonyl (C=O) groups excluding carboxylic acids is 1. The van der Waals surface area contributed by atoms with Gasteiger partial charge < -0.3 is 15.7 Å². The molecule has 0 aromatic heterocycles. The second-order valence-electron chi connectivity index (χ2n) is 5.64. The lowest BCUT2D eigenvalue weighted by molar-refractivity contribution is -0.144. The Bertz CT molecular complexity index is 326. The lowest BCUT2D eigenvalue weighted by Gasteiger charge is -2.28. The number of thioether (sulfide) groups is 1. The Balaban J connectivity index is 2.27. The van der Waals surface area contributed by atoms with E-state index in [-0.39, 0.29) is 17.9 Å². The molecule has 1 saturated carbocycles. The molecule has 0 spiro atoms. The highest BCUT2D eigenvalue weighted by molar-refractivity contribution is 7.98. The number of urea groups is 1. The SMILES string of the molecule is CSCC(C)CNC(=O)NCC1CCCCC1C(=O)O. The van der Waals surface area contributed by atoms with Gasteiger partial charge in [0.2, 0.25) is 0 Å². The number of rotatable bonds is 7. The molecule has 3 N–H and O–H groups in total. The second kappa shape index (κ2) is 9.10. The molecule has 3 unspecified atom stereocenters. The Morgan fingerprint density at radius 1 is 1.30 bits per heavy atom. The van der Waals surface area contributed by atoms with Crippen LogP contribution in [0.5, 0.6) is 0 Å². The van der Waals surface area contributed by atoms with E-state index in [2.05, 4.69) is 17.6 Å². The van der Waals surface area contributed by atoms with E-state index in [1.807, 2.05) is 6.26 Å². The van der Waals surface area contributed by atoms with Crippen molar-refractivity contribution in [3.05, 3.63) is 0 Å². The number of carbonyl (C=O) groups is 2. The van der Waals surface area contributed by atoms with E-state index in [1.165, 1.54) is 0 Å². The van der Waals surface area contributed by atoms with Crippen molar-refractivity contribution in [1.82, 2.24) is 10.6 Å². The minimum Gasteiger partial charge on any atom is -0.481 e. The standard InChI is InChI=1S/C14H26N2O3S/c1-10(9-20-2)7-15-14(19)16-8-11-5-3-4-6-12(11)13(17)18/h10-12H,3-9H2,1-2H3,(H,17,18)(H2,15,16,19). The van der Waals surface area contributed by atoms with Gasteiger partial charge in [-0.3, -0.25) is 4.79 Å². The Morgan fingerprint density at radius 3 is 2.65 bits per heavy atom. The Kier molecular flexibility index (Phi) is 7.80. The Hall–Kier alpha value is -0.910. The van der Waals surface area contributed by atoms with Crippen molar-refractivity contribution in [1.29, 1.82) is 0 Å². The quantitative estimate of drug-likeness (QED) is 0.673. The van der Waals surface area contributed by atoms with Gasteiger partial charge in [0.25, 0.3) is 0 Å². The van der Waals surface area contributed by atoms with Crippen LogP contribution in [0.3, 0.4) is 0 Å². The van der Waals surface area contributed by atoms with Gasteiger partial charge >= 0.3 is 12.0 Å². The fourth-order valence-electron chi connectivity index (χ4n) is 2.67. The van der Waals surface area contributed by atoms with Gasteiger partial charge in [-0.25, -0.2) is 4.79 Å². The third kappa shape index (κ3) is 6.03. The lowest BCUT2D eigenvalue weighted by atomic mass is 9.79. The van der Waals surface area contributed by atoms with Crippen LogP contribution < -0.4 is 10.6 Å². The first-order chi connectivity index (χ1) is 9.54. The summed E-state index contributed by atoms with van der Waals surface area (Å²) in [7, 11) is 0. The van der Waals surface area contributed by atoms with E-state index in [0.717, 1.165) is 31.4 Å². The van der Waals surface area contributed by atoms with Crippen LogP contribution in [-0.2, 0) is 4.79 Å². The topological polar surface area (TPSA) is 78.4 Å². The van der Waals surface area contributed by atoms with Crippen molar-refractivity contribution in [2.45, 2.75) is 32.6 Å². The zero-order valence-corrected chi connectivity index (χ0v) is 13.2. The van der Waals surface area contributed by atoms with Crippen molar-refractivity contribution in [3.8, 4) is 0 Å². The fourth-order valence-corrected chi connectivity index (χ4v) is 3.36. The summed E-state index contributed by atoms with van der Waals surface area (Å²) >= 11 is 1.76. The largest absolute Gasteiger partial charge is 0.481 e. The Labute approximate surface area is 125 Å². The number of hydrogen-bond donors (Lipinski definition) is 3. The van der Waals surface area contributed by atoms with Gasteiger partial charge in [-0.05, 0) is 36.7 Å². The van der Waals surface area contributed by atoms with Gasteiger partial charge in [-0.1, -0.05) is 19.8 Å². The monoisotopic (exact) mass is 302 g/mol. The number of carboxylic acid groups (broad SMARTS) is 1. The number of hydrogen-bond acceptors (Lipinski definition) is 3. The van der Waals surface area contributed by atoms with Crippen molar-refractivity contribution in [2.75, 3.05) is 25.1 Å². The van der Waals surface area contributed by atoms with Gasteiger partial charge in [-0.2, -0.15) is 11.8 Å². The normalized spacial score (nSPS) is 23.9. The molecule has 3 atom stereocenters. The number of aliphatic carboxylic acids is 1. The molecule has 6 heteroatoms. The van der Waals surface area contributed by atoms with Gasteiger partial charge in [0.1, 0.15) is 0 Å². The lowest BCUT2D eigenvalue weighted by Crippen LogP contribution is -2.43. The highest BCUT2D eigenvalue weighted by Gasteiger charge is 2.30. The zero-order valence-electron chi connectivity index (χ0n) is 12.4. The van der Waals surface area contributed by atoms with E-state index in [9.17, 15) is 14.7 Å². The number of amides is 2. The average molecular weight is 302 g/mol. The van der Waals surface area contributed by atoms with E-state index in [4.69, 9.17) is 0 Å². The summed E-state index contributed by atoms with van der Waals surface area (Å²) < 4.78 is 0. The third-order valence-electron chi connectivity index (χ3n) is 3.81. The van der Waals surface area contributed by atoms with Crippen molar-refractivity contribution < 1.29 is 14.7 Å². The smallest absolute Gasteiger partial charge is 0.314 e. The van der Waals surface area contributed by atoms with Crippen LogP contribution in [0.4, 0.5) is 4.79 Å². The van der Waals surface area contributed by atoms with Crippen LogP contribution in [0.15, 0.2) is 0 Å². The number of nitrogens with one attached hydrogen (secondary N) is 2. The summed E-state index contributed by atoms with van der Waals surface area (Å²) in [5.41, 5.74) is 0. The molecular formula is C14H26N2O3S. The summed E-state index contributed by atoms with van der Waals surface area (Å²) in [4.78, 5) is 22.9. The Morgan fingerprint density at radius 2 is 2.00 bits per heavy atom. The highest BCUT2D eigenvalue weighted by atomic mass is 32.2. The van der Waals surface area contributed by atoms with Gasteiger partial charge in [0.15, 0.2) is 0 Å². The molecule has 0 saturated heterocycles. The minimum absolute atomic E-state index is 0.0654. The molecule has 2 amide bonds. The van der Waals surface area contributed by atoms with Crippen molar-refractivity contribution in [3.63, 3.8) is 0 Å². The summed E-state index contributed by atoms with van der Waals surface area (Å²) in [5, 5.41) is 14.8. The summed E-state index contributed by atoms with van der Waals surface area (Å²) in [5.74, 6) is 0.488. The van der Waals surface area contributed by atoms with Crippen LogP contribution in [-0.4, -0.2) is 42.2 Å². The molecule has 1 rings (SSSR count). The van der Waals surface area contributed by atoms with Crippen molar-refractivity contribution in [2.24, 2.45) is 17.8 Å². The van der Waals surface area contributed by atoms with Gasteiger partial charge in [-0.15, -0.1) is 0 Å². The molecule has 1 fully saturated rings.